The Balaban J connectivity index is 0.000000970. The maximum Gasteiger partial charge on any atom is 0.256 e. The van der Waals surface area contributed by atoms with E-state index >= 15 is 0 Å². The first-order chi connectivity index (χ1) is 16.6. The van der Waals surface area contributed by atoms with E-state index in [1.807, 2.05) is 89.2 Å². The molecule has 6 nitrogen and oxygen atoms in total. The van der Waals surface area contributed by atoms with E-state index < -0.39 is 0 Å². The zero-order valence-corrected chi connectivity index (χ0v) is 21.2. The molecular formula is C28H35N3O3. The average molecular weight is 462 g/mol. The molecule has 4 rings (SSSR count). The highest BCUT2D eigenvalue weighted by Gasteiger charge is 2.08. The van der Waals surface area contributed by atoms with Crippen molar-refractivity contribution in [1.29, 1.82) is 0 Å². The smallest absolute Gasteiger partial charge is 0.256 e. The van der Waals surface area contributed by atoms with Crippen molar-refractivity contribution in [3.8, 4) is 17.3 Å². The number of nitrogens with one attached hydrogen (secondary N) is 1. The van der Waals surface area contributed by atoms with Crippen molar-refractivity contribution < 1.29 is 9.47 Å². The third-order valence-corrected chi connectivity index (χ3v) is 5.01. The van der Waals surface area contributed by atoms with E-state index in [-0.39, 0.29) is 5.56 Å². The van der Waals surface area contributed by atoms with Crippen LogP contribution >= 0.6 is 0 Å². The van der Waals surface area contributed by atoms with Crippen LogP contribution in [0.2, 0.25) is 0 Å². The number of hydrogen-bond donors (Lipinski definition) is 1. The van der Waals surface area contributed by atoms with E-state index in [4.69, 9.17) is 9.47 Å². The number of pyridine rings is 2. The van der Waals surface area contributed by atoms with Crippen LogP contribution in [0.15, 0.2) is 71.7 Å². The highest BCUT2D eigenvalue weighted by molar-refractivity contribution is 5.81. The third-order valence-electron chi connectivity index (χ3n) is 5.01. The molecule has 4 aromatic rings. The number of fused-ring (bicyclic) bond motifs is 1. The minimum absolute atomic E-state index is 0.107. The second kappa shape index (κ2) is 13.0. The van der Waals surface area contributed by atoms with Gasteiger partial charge in [0.25, 0.3) is 5.56 Å². The van der Waals surface area contributed by atoms with Gasteiger partial charge in [0, 0.05) is 24.2 Å². The number of rotatable bonds is 6. The largest absolute Gasteiger partial charge is 0.497 e. The van der Waals surface area contributed by atoms with Gasteiger partial charge in [-0.05, 0) is 54.3 Å². The molecule has 0 amide bonds. The number of aryl methyl sites for hydroxylation is 1. The molecule has 2 aromatic carbocycles. The molecule has 0 unspecified atom stereocenters. The van der Waals surface area contributed by atoms with Crippen LogP contribution < -0.4 is 20.3 Å². The molecule has 0 bridgehead atoms. The Hall–Kier alpha value is -3.80. The van der Waals surface area contributed by atoms with Gasteiger partial charge in [0.1, 0.15) is 17.3 Å². The van der Waals surface area contributed by atoms with Crippen LogP contribution in [0.5, 0.6) is 11.5 Å². The standard InChI is InChI=1S/C24H23N3O3.2C2H6/c1-16-4-5-17-7-11-24(28)27(21(17)12-16)23-10-8-19(15-26-23)25-14-18-6-9-20(29-2)13-22(18)30-3;2*1-2/h4-13,15,25H,14H2,1-3H3;2*1-2H3. The summed E-state index contributed by atoms with van der Waals surface area (Å²) in [5, 5.41) is 4.34. The van der Waals surface area contributed by atoms with Crippen LogP contribution in [0.3, 0.4) is 0 Å². The molecule has 0 spiro atoms. The molecule has 0 aliphatic heterocycles. The van der Waals surface area contributed by atoms with Crippen molar-refractivity contribution in [1.82, 2.24) is 9.55 Å². The molecule has 0 saturated heterocycles. The lowest BCUT2D eigenvalue weighted by molar-refractivity contribution is 0.391. The molecule has 0 saturated carbocycles. The van der Waals surface area contributed by atoms with E-state index in [1.54, 1.807) is 31.0 Å². The molecule has 0 fully saturated rings. The monoisotopic (exact) mass is 461 g/mol. The fourth-order valence-electron chi connectivity index (χ4n) is 3.40. The summed E-state index contributed by atoms with van der Waals surface area (Å²) in [6.07, 6.45) is 1.73. The van der Waals surface area contributed by atoms with Crippen LogP contribution in [0.4, 0.5) is 5.69 Å². The Kier molecular flexibility index (Phi) is 10.1. The molecule has 0 aliphatic rings. The molecule has 180 valence electrons. The lowest BCUT2D eigenvalue weighted by Gasteiger charge is -2.13. The summed E-state index contributed by atoms with van der Waals surface area (Å²) in [5.41, 5.74) is 3.68. The van der Waals surface area contributed by atoms with Gasteiger partial charge in [0.05, 0.1) is 31.6 Å². The number of hydrogen-bond acceptors (Lipinski definition) is 5. The van der Waals surface area contributed by atoms with Crippen molar-refractivity contribution in [2.45, 2.75) is 41.2 Å². The van der Waals surface area contributed by atoms with Crippen LogP contribution in [-0.2, 0) is 6.54 Å². The zero-order chi connectivity index (χ0) is 25.1. The average Bonchev–Trinajstić information content (AvgIpc) is 2.90. The molecule has 0 aliphatic carbocycles. The Bertz CT molecular complexity index is 1250. The third kappa shape index (κ3) is 6.16. The molecule has 34 heavy (non-hydrogen) atoms. The molecule has 2 aromatic heterocycles. The van der Waals surface area contributed by atoms with Crippen molar-refractivity contribution in [2.75, 3.05) is 19.5 Å². The highest BCUT2D eigenvalue weighted by Crippen LogP contribution is 2.25. The zero-order valence-electron chi connectivity index (χ0n) is 21.2. The Labute approximate surface area is 202 Å². The van der Waals surface area contributed by atoms with Crippen molar-refractivity contribution in [3.05, 3.63) is 88.3 Å². The Morgan fingerprint density at radius 2 is 1.62 bits per heavy atom. The van der Waals surface area contributed by atoms with Gasteiger partial charge in [-0.1, -0.05) is 39.8 Å². The SMILES string of the molecule is CC.CC.COc1ccc(CNc2ccc(-n3c(=O)ccc4ccc(C)cc43)nc2)c(OC)c1. The lowest BCUT2D eigenvalue weighted by Crippen LogP contribution is -2.18. The summed E-state index contributed by atoms with van der Waals surface area (Å²) in [5.74, 6) is 2.09. The van der Waals surface area contributed by atoms with Crippen molar-refractivity contribution in [3.63, 3.8) is 0 Å². The van der Waals surface area contributed by atoms with Crippen LogP contribution in [0.1, 0.15) is 38.8 Å². The van der Waals surface area contributed by atoms with Gasteiger partial charge >= 0.3 is 0 Å². The molecule has 0 radical (unpaired) electrons. The number of nitrogens with zero attached hydrogens (tertiary/aromatic N) is 2. The summed E-state index contributed by atoms with van der Waals surface area (Å²) < 4.78 is 12.3. The Morgan fingerprint density at radius 1 is 0.882 bits per heavy atom. The van der Waals surface area contributed by atoms with Crippen LogP contribution in [0, 0.1) is 6.92 Å². The summed E-state index contributed by atoms with van der Waals surface area (Å²) in [4.78, 5) is 17.1. The maximum absolute atomic E-state index is 12.5. The second-order valence-electron chi connectivity index (χ2n) is 7.01. The summed E-state index contributed by atoms with van der Waals surface area (Å²) in [6.45, 7) is 10.6. The normalized spacial score (nSPS) is 9.85. The maximum atomic E-state index is 12.5. The van der Waals surface area contributed by atoms with E-state index in [1.165, 1.54) is 0 Å². The van der Waals surface area contributed by atoms with Crippen LogP contribution in [-0.4, -0.2) is 23.8 Å². The number of anilines is 1. The highest BCUT2D eigenvalue weighted by atomic mass is 16.5. The second-order valence-corrected chi connectivity index (χ2v) is 7.01. The topological polar surface area (TPSA) is 65.4 Å². The summed E-state index contributed by atoms with van der Waals surface area (Å²) in [6, 6.07) is 18.9. The quantitative estimate of drug-likeness (QED) is 0.361. The van der Waals surface area contributed by atoms with E-state index in [0.717, 1.165) is 39.2 Å². The van der Waals surface area contributed by atoms with Gasteiger partial charge in [-0.25, -0.2) is 4.98 Å². The van der Waals surface area contributed by atoms with Gasteiger partial charge < -0.3 is 14.8 Å². The Morgan fingerprint density at radius 3 is 2.26 bits per heavy atom. The molecular weight excluding hydrogens is 426 g/mol. The summed E-state index contributed by atoms with van der Waals surface area (Å²) >= 11 is 0. The first kappa shape index (κ1) is 26.5. The van der Waals surface area contributed by atoms with Crippen LogP contribution in [0.25, 0.3) is 16.7 Å². The fraction of sp³-hybridized carbons (Fsp3) is 0.286. The lowest BCUT2D eigenvalue weighted by atomic mass is 10.1. The van der Waals surface area contributed by atoms with Crippen molar-refractivity contribution >= 4 is 16.6 Å². The van der Waals surface area contributed by atoms with E-state index in [0.29, 0.717) is 12.4 Å². The fourth-order valence-corrected chi connectivity index (χ4v) is 3.40. The van der Waals surface area contributed by atoms with Gasteiger partial charge in [-0.15, -0.1) is 0 Å². The predicted octanol–water partition coefficient (Wildman–Crippen LogP) is 6.38. The van der Waals surface area contributed by atoms with Gasteiger partial charge in [-0.3, -0.25) is 9.36 Å². The molecule has 2 heterocycles. The minimum Gasteiger partial charge on any atom is -0.497 e. The van der Waals surface area contributed by atoms with Crippen molar-refractivity contribution in [2.24, 2.45) is 0 Å². The molecule has 1 N–H and O–H groups in total. The number of benzene rings is 2. The molecule has 6 heteroatoms. The van der Waals surface area contributed by atoms with Gasteiger partial charge in [0.2, 0.25) is 0 Å². The molecule has 0 atom stereocenters. The van der Waals surface area contributed by atoms with Gasteiger partial charge in [0.15, 0.2) is 0 Å². The number of aromatic nitrogens is 2. The predicted molar refractivity (Wildman–Crippen MR) is 142 cm³/mol. The summed E-state index contributed by atoms with van der Waals surface area (Å²) in [7, 11) is 3.26. The number of methoxy groups -OCH3 is 2. The van der Waals surface area contributed by atoms with Gasteiger partial charge in [-0.2, -0.15) is 0 Å². The van der Waals surface area contributed by atoms with E-state index in [2.05, 4.69) is 10.3 Å². The minimum atomic E-state index is -0.107. The first-order valence-electron chi connectivity index (χ1n) is 11.6. The number of ether oxygens (including phenoxy) is 2. The van der Waals surface area contributed by atoms with E-state index in [9.17, 15) is 4.79 Å². The first-order valence-corrected chi connectivity index (χ1v) is 11.6.